The van der Waals surface area contributed by atoms with Crippen molar-refractivity contribution in [1.82, 2.24) is 0 Å². The lowest BCUT2D eigenvalue weighted by Gasteiger charge is -2.30. The average Bonchev–Trinajstić information content (AvgIpc) is 2.30. The largest absolute Gasteiger partial charge is 0.339 e. The van der Waals surface area contributed by atoms with E-state index in [4.69, 9.17) is 0 Å². The Hall–Kier alpha value is -1.83. The normalized spacial score (nSPS) is 10.8. The van der Waals surface area contributed by atoms with Gasteiger partial charge in [0.25, 0.3) is 0 Å². The highest BCUT2D eigenvalue weighted by molar-refractivity contribution is 5.65. The minimum absolute atomic E-state index is 0.201. The molecule has 0 spiro atoms. The Bertz CT molecular complexity index is 538. The van der Waals surface area contributed by atoms with E-state index < -0.39 is 0 Å². The molecule has 0 atom stereocenters. The second-order valence-corrected chi connectivity index (χ2v) is 5.29. The number of anilines is 2. The van der Waals surface area contributed by atoms with Gasteiger partial charge in [0.05, 0.1) is 0 Å². The molecule has 0 heterocycles. The van der Waals surface area contributed by atoms with E-state index in [1.54, 1.807) is 0 Å². The monoisotopic (exact) mass is 257 g/mol. The minimum Gasteiger partial charge on any atom is -0.339 e. The fraction of sp³-hybridized carbons (Fsp3) is 0.294. The Morgan fingerprint density at radius 1 is 0.842 bits per heavy atom. The molecule has 0 saturated heterocycles. The van der Waals surface area contributed by atoms with Crippen LogP contribution in [-0.4, -0.2) is 6.04 Å². The molecule has 100 valence electrons. The predicted molar refractivity (Wildman–Crippen MR) is 79.6 cm³/mol. The van der Waals surface area contributed by atoms with Gasteiger partial charge in [0.15, 0.2) is 0 Å². The summed E-state index contributed by atoms with van der Waals surface area (Å²) in [6.07, 6.45) is 0. The molecule has 0 N–H and O–H groups in total. The average molecular weight is 257 g/mol. The van der Waals surface area contributed by atoms with Crippen molar-refractivity contribution < 1.29 is 4.39 Å². The Kier molecular flexibility index (Phi) is 3.89. The molecule has 2 aromatic carbocycles. The van der Waals surface area contributed by atoms with Crippen molar-refractivity contribution in [2.24, 2.45) is 0 Å². The number of halogens is 1. The molecule has 1 nitrogen and oxygen atoms in total. The van der Waals surface area contributed by atoms with Crippen LogP contribution in [0.3, 0.4) is 0 Å². The third kappa shape index (κ3) is 3.14. The highest BCUT2D eigenvalue weighted by atomic mass is 19.1. The first-order chi connectivity index (χ1) is 8.97. The zero-order chi connectivity index (χ0) is 14.0. The summed E-state index contributed by atoms with van der Waals surface area (Å²) in [6.45, 7) is 8.47. The highest BCUT2D eigenvalue weighted by Gasteiger charge is 2.13. The van der Waals surface area contributed by atoms with Gasteiger partial charge in [-0.3, -0.25) is 0 Å². The molecule has 0 bridgehead atoms. The van der Waals surface area contributed by atoms with Crippen molar-refractivity contribution in [2.45, 2.75) is 33.7 Å². The van der Waals surface area contributed by atoms with Crippen LogP contribution in [0.25, 0.3) is 0 Å². The van der Waals surface area contributed by atoms with E-state index in [1.807, 2.05) is 12.1 Å². The predicted octanol–water partition coefficient (Wildman–Crippen LogP) is 4.99. The molecule has 0 aliphatic rings. The van der Waals surface area contributed by atoms with Gasteiger partial charge in [0.1, 0.15) is 5.82 Å². The summed E-state index contributed by atoms with van der Waals surface area (Å²) in [4.78, 5) is 2.22. The summed E-state index contributed by atoms with van der Waals surface area (Å²) in [6, 6.07) is 13.5. The van der Waals surface area contributed by atoms with E-state index in [-0.39, 0.29) is 5.82 Å². The summed E-state index contributed by atoms with van der Waals surface area (Å²) in [7, 11) is 0. The van der Waals surface area contributed by atoms with Crippen LogP contribution in [0.2, 0.25) is 0 Å². The molecule has 0 amide bonds. The van der Waals surface area contributed by atoms with E-state index in [2.05, 4.69) is 50.8 Å². The van der Waals surface area contributed by atoms with E-state index in [1.165, 1.54) is 23.3 Å². The Balaban J connectivity index is 2.48. The summed E-state index contributed by atoms with van der Waals surface area (Å²) in [5.74, 6) is -0.201. The number of hydrogen-bond donors (Lipinski definition) is 0. The number of hydrogen-bond acceptors (Lipinski definition) is 1. The van der Waals surface area contributed by atoms with Crippen molar-refractivity contribution in [3.8, 4) is 0 Å². The molecular weight excluding hydrogens is 237 g/mol. The molecule has 19 heavy (non-hydrogen) atoms. The van der Waals surface area contributed by atoms with Crippen molar-refractivity contribution in [2.75, 3.05) is 4.90 Å². The maximum Gasteiger partial charge on any atom is 0.123 e. The molecule has 0 aromatic heterocycles. The van der Waals surface area contributed by atoms with Gasteiger partial charge in [0, 0.05) is 17.4 Å². The van der Waals surface area contributed by atoms with Gasteiger partial charge in [-0.15, -0.1) is 0 Å². The molecular formula is C17H20FN. The van der Waals surface area contributed by atoms with Crippen LogP contribution >= 0.6 is 0 Å². The molecule has 0 fully saturated rings. The molecule has 2 rings (SSSR count). The lowest BCUT2D eigenvalue weighted by Crippen LogP contribution is -2.25. The van der Waals surface area contributed by atoms with Crippen LogP contribution in [0.5, 0.6) is 0 Å². The van der Waals surface area contributed by atoms with Crippen LogP contribution < -0.4 is 4.90 Å². The number of benzene rings is 2. The minimum atomic E-state index is -0.201. The van der Waals surface area contributed by atoms with Gasteiger partial charge >= 0.3 is 0 Å². The molecule has 0 radical (unpaired) electrons. The van der Waals surface area contributed by atoms with Gasteiger partial charge in [-0.25, -0.2) is 4.39 Å². The Labute approximate surface area is 114 Å². The third-order valence-corrected chi connectivity index (χ3v) is 3.11. The SMILES string of the molecule is Cc1cc(C)cc(N(c2ccc(F)cc2)C(C)C)c1. The molecule has 0 aliphatic carbocycles. The Morgan fingerprint density at radius 2 is 1.37 bits per heavy atom. The van der Waals surface area contributed by atoms with Crippen LogP contribution in [0, 0.1) is 19.7 Å². The van der Waals surface area contributed by atoms with E-state index in [9.17, 15) is 4.39 Å². The van der Waals surface area contributed by atoms with Gasteiger partial charge in [0.2, 0.25) is 0 Å². The maximum atomic E-state index is 13.1. The van der Waals surface area contributed by atoms with Crippen LogP contribution in [0.1, 0.15) is 25.0 Å². The number of nitrogens with zero attached hydrogens (tertiary/aromatic N) is 1. The maximum absolute atomic E-state index is 13.1. The van der Waals surface area contributed by atoms with Gasteiger partial charge in [-0.05, 0) is 75.2 Å². The van der Waals surface area contributed by atoms with Gasteiger partial charge in [-0.1, -0.05) is 6.07 Å². The number of aryl methyl sites for hydroxylation is 2. The fourth-order valence-corrected chi connectivity index (χ4v) is 2.44. The van der Waals surface area contributed by atoms with Gasteiger partial charge in [-0.2, -0.15) is 0 Å². The molecule has 0 aliphatic heterocycles. The summed E-state index contributed by atoms with van der Waals surface area (Å²) >= 11 is 0. The van der Waals surface area contributed by atoms with E-state index in [0.29, 0.717) is 6.04 Å². The standard InChI is InChI=1S/C17H20FN/c1-12(2)19(16-7-5-15(18)6-8-16)17-10-13(3)9-14(4)11-17/h5-12H,1-4H3. The van der Waals surface area contributed by atoms with Crippen LogP contribution in [0.15, 0.2) is 42.5 Å². The molecule has 2 aromatic rings. The summed E-state index contributed by atoms with van der Waals surface area (Å²) in [5.41, 5.74) is 4.64. The molecule has 0 unspecified atom stereocenters. The van der Waals surface area contributed by atoms with Crippen LogP contribution in [0.4, 0.5) is 15.8 Å². The quantitative estimate of drug-likeness (QED) is 0.748. The molecule has 0 saturated carbocycles. The van der Waals surface area contributed by atoms with Crippen molar-refractivity contribution >= 4 is 11.4 Å². The Morgan fingerprint density at radius 3 is 1.84 bits per heavy atom. The first-order valence-electron chi connectivity index (χ1n) is 6.60. The topological polar surface area (TPSA) is 3.24 Å². The van der Waals surface area contributed by atoms with Gasteiger partial charge < -0.3 is 4.90 Å². The first kappa shape index (κ1) is 13.6. The van der Waals surface area contributed by atoms with E-state index in [0.717, 1.165) is 11.4 Å². The fourth-order valence-electron chi connectivity index (χ4n) is 2.44. The van der Waals surface area contributed by atoms with Crippen molar-refractivity contribution in [1.29, 1.82) is 0 Å². The van der Waals surface area contributed by atoms with Crippen molar-refractivity contribution in [3.63, 3.8) is 0 Å². The second-order valence-electron chi connectivity index (χ2n) is 5.29. The van der Waals surface area contributed by atoms with Crippen LogP contribution in [-0.2, 0) is 0 Å². The van der Waals surface area contributed by atoms with Crippen molar-refractivity contribution in [3.05, 3.63) is 59.4 Å². The number of rotatable bonds is 3. The second kappa shape index (κ2) is 5.43. The summed E-state index contributed by atoms with van der Waals surface area (Å²) in [5, 5.41) is 0. The summed E-state index contributed by atoms with van der Waals surface area (Å²) < 4.78 is 13.1. The highest BCUT2D eigenvalue weighted by Crippen LogP contribution is 2.29. The first-order valence-corrected chi connectivity index (χ1v) is 6.60. The van der Waals surface area contributed by atoms with E-state index >= 15 is 0 Å². The smallest absolute Gasteiger partial charge is 0.123 e. The lowest BCUT2D eigenvalue weighted by molar-refractivity contribution is 0.627. The zero-order valence-corrected chi connectivity index (χ0v) is 11.9. The molecule has 2 heteroatoms. The third-order valence-electron chi connectivity index (χ3n) is 3.11. The zero-order valence-electron chi connectivity index (χ0n) is 11.9. The lowest BCUT2D eigenvalue weighted by atomic mass is 10.1.